The van der Waals surface area contributed by atoms with Gasteiger partial charge in [-0.3, -0.25) is 19.5 Å². The first-order valence-corrected chi connectivity index (χ1v) is 27.7. The van der Waals surface area contributed by atoms with Gasteiger partial charge in [0, 0.05) is 41.7 Å². The minimum absolute atomic E-state index is 0.00549. The lowest BCUT2D eigenvalue weighted by Gasteiger charge is -2.15. The second kappa shape index (κ2) is 28.1. The Bertz CT molecular complexity index is 4700. The minimum Gasteiger partial charge on any atom is -0.493 e. The Labute approximate surface area is 518 Å². The number of hydrogen-bond acceptors (Lipinski definition) is 20. The summed E-state index contributed by atoms with van der Waals surface area (Å²) in [6, 6.07) is 39.3. The van der Waals surface area contributed by atoms with Gasteiger partial charge in [0.05, 0.1) is 72.9 Å². The molecule has 7 aromatic carbocycles. The minimum atomic E-state index is -0.556. The van der Waals surface area contributed by atoms with Crippen molar-refractivity contribution in [2.75, 3.05) is 38.6 Å². The second-order valence-electron chi connectivity index (χ2n) is 19.6. The van der Waals surface area contributed by atoms with Crippen LogP contribution in [0.25, 0.3) is 44.5 Å². The van der Waals surface area contributed by atoms with Gasteiger partial charge in [-0.05, 0) is 109 Å². The number of amides is 3. The van der Waals surface area contributed by atoms with Crippen LogP contribution in [0.2, 0.25) is 0 Å². The molecule has 0 radical (unpaired) electrons. The maximum Gasteiger partial charge on any atom is 0.280 e. The molecule has 1 aliphatic rings. The highest BCUT2D eigenvalue weighted by molar-refractivity contribution is 6.06. The average molecular weight is 1250 g/mol. The molecule has 28 heteroatoms. The molecule has 1 atom stereocenters. The number of halogens is 3. The quantitative estimate of drug-likeness (QED) is 0.0461. The number of ether oxygens (including phenoxy) is 6. The number of methoxy groups -OCH3 is 3. The van der Waals surface area contributed by atoms with E-state index in [4.69, 9.17) is 28.4 Å². The maximum absolute atomic E-state index is 13.6. The Morgan fingerprint density at radius 2 is 0.978 bits per heavy atom. The highest BCUT2D eigenvalue weighted by Crippen LogP contribution is 2.37. The number of aromatic amines is 2. The van der Waals surface area contributed by atoms with Crippen molar-refractivity contribution in [2.45, 2.75) is 18.9 Å². The molecule has 0 fully saturated rings. The summed E-state index contributed by atoms with van der Waals surface area (Å²) < 4.78 is 73.6. The SMILES string of the molecule is COc1cc(F)ccc1Oc1nc2ccccc2nc1C(=O)NC1C=C(CO)CC1.COc1cc(F)ccc1Oc1nc2ccccc2nc1C(=O)Nc1cccc(-c2nn[nH]n2)c1.COc1cc(F)ccc1Oc1nc2ccccc2nc1C(=O)Nc1cn[nH]c1. The van der Waals surface area contributed by atoms with Crippen molar-refractivity contribution in [2.24, 2.45) is 0 Å². The van der Waals surface area contributed by atoms with E-state index in [1.807, 2.05) is 6.08 Å². The van der Waals surface area contributed by atoms with E-state index in [0.717, 1.165) is 12.0 Å². The normalized spacial score (nSPS) is 12.3. The van der Waals surface area contributed by atoms with E-state index >= 15 is 0 Å². The number of aromatic nitrogens is 12. The average Bonchev–Trinajstić information content (AvgIpc) is 0.899. The second-order valence-corrected chi connectivity index (χ2v) is 19.6. The van der Waals surface area contributed by atoms with Gasteiger partial charge in [-0.2, -0.15) is 10.3 Å². The zero-order valence-corrected chi connectivity index (χ0v) is 48.6. The number of anilines is 2. The van der Waals surface area contributed by atoms with Gasteiger partial charge >= 0.3 is 0 Å². The molecule has 0 bridgehead atoms. The zero-order chi connectivity index (χ0) is 64.1. The number of hydrogen-bond donors (Lipinski definition) is 6. The van der Waals surface area contributed by atoms with Crippen LogP contribution in [0.5, 0.6) is 52.1 Å². The number of carbonyl (C=O) groups excluding carboxylic acids is 3. The zero-order valence-electron chi connectivity index (χ0n) is 48.6. The molecule has 13 rings (SSSR count). The fourth-order valence-electron chi connectivity index (χ4n) is 9.09. The Balaban J connectivity index is 0.000000142. The van der Waals surface area contributed by atoms with Crippen LogP contribution in [0.15, 0.2) is 176 Å². The molecule has 12 aromatic rings. The number of rotatable bonds is 17. The van der Waals surface area contributed by atoms with Crippen molar-refractivity contribution >= 4 is 62.2 Å². The third kappa shape index (κ3) is 14.6. The maximum atomic E-state index is 13.6. The molecule has 25 nitrogen and oxygen atoms in total. The van der Waals surface area contributed by atoms with Crippen LogP contribution in [-0.4, -0.2) is 118 Å². The van der Waals surface area contributed by atoms with Crippen LogP contribution < -0.4 is 44.4 Å². The third-order valence-electron chi connectivity index (χ3n) is 13.5. The van der Waals surface area contributed by atoms with Gasteiger partial charge in [0.2, 0.25) is 5.82 Å². The van der Waals surface area contributed by atoms with Gasteiger partial charge in [0.25, 0.3) is 35.4 Å². The summed E-state index contributed by atoms with van der Waals surface area (Å²) in [4.78, 5) is 65.6. The molecular weight excluding hydrogens is 1200 g/mol. The topological polar surface area (TPSA) is 323 Å². The molecule has 0 saturated carbocycles. The van der Waals surface area contributed by atoms with Crippen LogP contribution >= 0.6 is 0 Å². The first-order chi connectivity index (χ1) is 44.8. The van der Waals surface area contributed by atoms with E-state index < -0.39 is 35.2 Å². The summed E-state index contributed by atoms with van der Waals surface area (Å²) in [5, 5.41) is 37.8. The monoisotopic (exact) mass is 1250 g/mol. The molecule has 0 saturated heterocycles. The van der Waals surface area contributed by atoms with Crippen molar-refractivity contribution < 1.29 is 61.1 Å². The van der Waals surface area contributed by atoms with Gasteiger partial charge in [-0.15, -0.1) is 10.2 Å². The van der Waals surface area contributed by atoms with Crippen LogP contribution in [0.3, 0.4) is 0 Å². The van der Waals surface area contributed by atoms with Crippen LogP contribution in [0.4, 0.5) is 24.5 Å². The highest BCUT2D eigenvalue weighted by Gasteiger charge is 2.26. The molecule has 5 aromatic heterocycles. The van der Waals surface area contributed by atoms with Crippen LogP contribution in [0, 0.1) is 17.5 Å². The molecule has 462 valence electrons. The fraction of sp³-hybridized carbons (Fsp3) is 0.109. The van der Waals surface area contributed by atoms with Crippen molar-refractivity contribution in [1.29, 1.82) is 0 Å². The van der Waals surface area contributed by atoms with Gasteiger partial charge < -0.3 is 49.5 Å². The molecule has 5 heterocycles. The van der Waals surface area contributed by atoms with Gasteiger partial charge in [0.15, 0.2) is 51.6 Å². The number of para-hydroxylation sites is 6. The number of benzene rings is 7. The predicted octanol–water partition coefficient (Wildman–Crippen LogP) is 10.9. The Morgan fingerprint density at radius 3 is 1.38 bits per heavy atom. The first kappa shape index (κ1) is 61.2. The van der Waals surface area contributed by atoms with Crippen molar-refractivity contribution in [1.82, 2.24) is 66.0 Å². The lowest BCUT2D eigenvalue weighted by Crippen LogP contribution is -2.33. The summed E-state index contributed by atoms with van der Waals surface area (Å²) in [5.41, 5.74) is 5.58. The lowest BCUT2D eigenvalue weighted by molar-refractivity contribution is 0.0934. The molecule has 92 heavy (non-hydrogen) atoms. The first-order valence-electron chi connectivity index (χ1n) is 27.7. The van der Waals surface area contributed by atoms with Crippen LogP contribution in [-0.2, 0) is 0 Å². The van der Waals surface area contributed by atoms with Gasteiger partial charge in [-0.25, -0.2) is 43.1 Å². The number of aliphatic hydroxyl groups is 1. The molecule has 0 aliphatic heterocycles. The smallest absolute Gasteiger partial charge is 0.280 e. The van der Waals surface area contributed by atoms with Gasteiger partial charge in [-0.1, -0.05) is 54.6 Å². The van der Waals surface area contributed by atoms with E-state index in [1.54, 1.807) is 97.1 Å². The Hall–Kier alpha value is -12.5. The van der Waals surface area contributed by atoms with Crippen LogP contribution in [0.1, 0.15) is 44.3 Å². The van der Waals surface area contributed by atoms with E-state index in [1.165, 1.54) is 88.3 Å². The number of fused-ring (bicyclic) bond motifs is 3. The van der Waals surface area contributed by atoms with E-state index in [9.17, 15) is 32.7 Å². The highest BCUT2D eigenvalue weighted by atomic mass is 19.1. The summed E-state index contributed by atoms with van der Waals surface area (Å²) in [6.07, 6.45) is 6.24. The molecule has 6 N–H and O–H groups in total. The summed E-state index contributed by atoms with van der Waals surface area (Å²) in [7, 11) is 4.17. The largest absolute Gasteiger partial charge is 0.493 e. The standard InChI is InChI=1S/C23H16FN7O3.C22H20FN3O4.C19H14FN5O3/c1-33-19-12-14(24)9-10-18(19)34-23-20(26-16-7-2-3-8-17(16)27-23)22(32)25-15-6-4-5-13(11-15)21-28-30-31-29-21;1-29-19-11-14(23)7-9-18(19)30-22-20(25-16-4-2-3-5-17(16)26-22)21(28)24-15-8-6-13(10-15)12-27;1-27-16-8-11(20)6-7-15(16)28-19-17(18(26)23-12-9-21-22-10-12)24-13-4-2-3-5-14(13)25-19/h2-12H,1H3,(H,25,32)(H,28,29,30,31);2-5,7,9-11,15,27H,6,8,12H2,1H3,(H,24,28);2-10H,1H3,(H,21,22)(H,23,26). The number of H-pyrrole nitrogens is 2. The van der Waals surface area contributed by atoms with Crippen molar-refractivity contribution in [3.63, 3.8) is 0 Å². The number of carbonyl (C=O) groups is 3. The summed E-state index contributed by atoms with van der Waals surface area (Å²) in [6.45, 7) is -0.0269. The number of nitrogens with one attached hydrogen (secondary N) is 5. The molecule has 1 unspecified atom stereocenters. The van der Waals surface area contributed by atoms with E-state index in [-0.39, 0.29) is 81.9 Å². The number of nitrogens with zero attached hydrogens (tertiary/aromatic N) is 10. The van der Waals surface area contributed by atoms with Crippen molar-refractivity contribution in [3.05, 3.63) is 210 Å². The molecular formula is C64H50F3N15O10. The molecule has 0 spiro atoms. The molecule has 3 amide bonds. The molecule has 1 aliphatic carbocycles. The summed E-state index contributed by atoms with van der Waals surface area (Å²) >= 11 is 0. The Morgan fingerprint density at radius 1 is 0.533 bits per heavy atom. The third-order valence-corrected chi connectivity index (χ3v) is 13.5. The van der Waals surface area contributed by atoms with E-state index in [2.05, 4.69) is 76.7 Å². The van der Waals surface area contributed by atoms with Crippen molar-refractivity contribution in [3.8, 4) is 63.5 Å². The number of aliphatic hydroxyl groups excluding tert-OH is 1. The number of tetrazole rings is 1. The lowest BCUT2D eigenvalue weighted by atomic mass is 10.2. The van der Waals surface area contributed by atoms with E-state index in [0.29, 0.717) is 62.3 Å². The van der Waals surface area contributed by atoms with Gasteiger partial charge in [0.1, 0.15) is 17.5 Å². The Kier molecular flexibility index (Phi) is 18.7. The summed E-state index contributed by atoms with van der Waals surface area (Å²) in [5.74, 6) is -1.65. The predicted molar refractivity (Wildman–Crippen MR) is 327 cm³/mol. The fourth-order valence-corrected chi connectivity index (χ4v) is 9.09.